The molecular formula is C24H27ClN6O. The molecule has 2 N–H and O–H groups in total. The summed E-state index contributed by atoms with van der Waals surface area (Å²) in [5, 5.41) is 7.33. The summed E-state index contributed by atoms with van der Waals surface area (Å²) in [6.07, 6.45) is 6.38. The van der Waals surface area contributed by atoms with Gasteiger partial charge in [0.05, 0.1) is 24.0 Å². The largest absolute Gasteiger partial charge is 0.497 e. The number of fused-ring (bicyclic) bond motifs is 1. The van der Waals surface area contributed by atoms with Crippen molar-refractivity contribution in [3.05, 3.63) is 59.8 Å². The third-order valence-electron chi connectivity index (χ3n) is 5.59. The second-order valence-corrected chi connectivity index (χ2v) is 8.01. The van der Waals surface area contributed by atoms with E-state index in [-0.39, 0.29) is 7.43 Å². The summed E-state index contributed by atoms with van der Waals surface area (Å²) < 4.78 is 7.42. The van der Waals surface area contributed by atoms with E-state index in [0.29, 0.717) is 17.0 Å². The van der Waals surface area contributed by atoms with E-state index >= 15 is 0 Å². The lowest BCUT2D eigenvalue weighted by molar-refractivity contribution is 0.415. The van der Waals surface area contributed by atoms with Gasteiger partial charge in [-0.05, 0) is 49.2 Å². The van der Waals surface area contributed by atoms with Gasteiger partial charge in [-0.1, -0.05) is 44.0 Å². The Balaban J connectivity index is 0.00000245. The van der Waals surface area contributed by atoms with Crippen LogP contribution in [0.4, 0.5) is 23.3 Å². The van der Waals surface area contributed by atoms with E-state index < -0.39 is 0 Å². The number of hydrogen-bond acceptors (Lipinski definition) is 6. The average molecular weight is 451 g/mol. The third kappa shape index (κ3) is 4.34. The lowest BCUT2D eigenvalue weighted by atomic mass is 10.2. The number of rotatable bonds is 6. The number of benzene rings is 2. The lowest BCUT2D eigenvalue weighted by Crippen LogP contribution is -2.10. The molecule has 0 unspecified atom stereocenters. The van der Waals surface area contributed by atoms with Crippen molar-refractivity contribution in [1.82, 2.24) is 19.5 Å². The summed E-state index contributed by atoms with van der Waals surface area (Å²) in [5.74, 6) is 2.07. The highest BCUT2D eigenvalue weighted by Gasteiger charge is 2.24. The third-order valence-corrected chi connectivity index (χ3v) is 5.92. The molecule has 4 aromatic rings. The maximum Gasteiger partial charge on any atom is 0.229 e. The topological polar surface area (TPSA) is 76.9 Å². The van der Waals surface area contributed by atoms with Crippen molar-refractivity contribution < 1.29 is 4.74 Å². The van der Waals surface area contributed by atoms with Gasteiger partial charge in [0, 0.05) is 11.7 Å². The van der Waals surface area contributed by atoms with E-state index in [4.69, 9.17) is 26.3 Å². The molecule has 7 nitrogen and oxygen atoms in total. The number of nitrogens with one attached hydrogen (secondary N) is 2. The normalized spacial score (nSPS) is 13.7. The highest BCUT2D eigenvalue weighted by molar-refractivity contribution is 6.33. The summed E-state index contributed by atoms with van der Waals surface area (Å²) in [6, 6.07) is 15.7. The molecule has 2 aromatic heterocycles. The standard InChI is InChI=1S/C23H23ClN6O.CH4/c1-31-17-12-10-15(11-13-17)26-22-25-14-20-21(29-22)30(16-6-2-3-7-16)23(28-20)27-19-9-5-4-8-18(19)24;/h4-5,8-14,16H,2-3,6-7H2,1H3,(H,27,28)(H,25,26,29);1H4. The van der Waals surface area contributed by atoms with Crippen LogP contribution in [-0.2, 0) is 0 Å². The van der Waals surface area contributed by atoms with Crippen molar-refractivity contribution in [3.8, 4) is 5.75 Å². The number of halogens is 1. The summed E-state index contributed by atoms with van der Waals surface area (Å²) in [4.78, 5) is 14.1. The van der Waals surface area contributed by atoms with Crippen LogP contribution in [0.5, 0.6) is 5.75 Å². The fraction of sp³-hybridized carbons (Fsp3) is 0.292. The Bertz CT molecular complexity index is 1200. The molecule has 0 aliphatic heterocycles. The molecule has 0 amide bonds. The minimum absolute atomic E-state index is 0. The number of hydrogen-bond donors (Lipinski definition) is 2. The van der Waals surface area contributed by atoms with Crippen molar-refractivity contribution >= 4 is 46.0 Å². The SMILES string of the molecule is C.COc1ccc(Nc2ncc3nc(Nc4ccccc4Cl)n(C4CCCC4)c3n2)cc1. The van der Waals surface area contributed by atoms with Gasteiger partial charge in [0.1, 0.15) is 11.3 Å². The van der Waals surface area contributed by atoms with Crippen molar-refractivity contribution in [2.75, 3.05) is 17.7 Å². The summed E-state index contributed by atoms with van der Waals surface area (Å²) in [7, 11) is 1.65. The number of nitrogens with zero attached hydrogens (tertiary/aromatic N) is 4. The number of methoxy groups -OCH3 is 1. The summed E-state index contributed by atoms with van der Waals surface area (Å²) in [6.45, 7) is 0. The maximum atomic E-state index is 6.38. The molecule has 0 bridgehead atoms. The number of para-hydroxylation sites is 1. The van der Waals surface area contributed by atoms with Gasteiger partial charge >= 0.3 is 0 Å². The predicted molar refractivity (Wildman–Crippen MR) is 131 cm³/mol. The Morgan fingerprint density at radius 1 is 1.00 bits per heavy atom. The fourth-order valence-electron chi connectivity index (χ4n) is 4.03. The van der Waals surface area contributed by atoms with E-state index in [0.717, 1.165) is 47.1 Å². The Labute approximate surface area is 192 Å². The lowest BCUT2D eigenvalue weighted by Gasteiger charge is -2.17. The van der Waals surface area contributed by atoms with E-state index in [1.165, 1.54) is 12.8 Å². The molecule has 166 valence electrons. The highest BCUT2D eigenvalue weighted by atomic mass is 35.5. The number of imidazole rings is 1. The maximum absolute atomic E-state index is 6.38. The molecule has 0 atom stereocenters. The Morgan fingerprint density at radius 2 is 1.75 bits per heavy atom. The second-order valence-electron chi connectivity index (χ2n) is 7.60. The fourth-order valence-corrected chi connectivity index (χ4v) is 4.22. The van der Waals surface area contributed by atoms with Crippen LogP contribution in [0.25, 0.3) is 11.2 Å². The van der Waals surface area contributed by atoms with E-state index in [2.05, 4.69) is 20.2 Å². The van der Waals surface area contributed by atoms with Crippen molar-refractivity contribution in [2.24, 2.45) is 0 Å². The highest BCUT2D eigenvalue weighted by Crippen LogP contribution is 2.36. The van der Waals surface area contributed by atoms with E-state index in [1.807, 2.05) is 48.5 Å². The first-order chi connectivity index (χ1) is 15.2. The van der Waals surface area contributed by atoms with Gasteiger partial charge in [-0.25, -0.2) is 9.97 Å². The van der Waals surface area contributed by atoms with Crippen LogP contribution in [0, 0.1) is 0 Å². The average Bonchev–Trinajstić information content (AvgIpc) is 3.43. The molecule has 5 rings (SSSR count). The van der Waals surface area contributed by atoms with Crippen LogP contribution >= 0.6 is 11.6 Å². The van der Waals surface area contributed by atoms with Crippen LogP contribution in [0.3, 0.4) is 0 Å². The zero-order valence-electron chi connectivity index (χ0n) is 17.2. The van der Waals surface area contributed by atoms with Crippen molar-refractivity contribution in [3.63, 3.8) is 0 Å². The van der Waals surface area contributed by atoms with Gasteiger partial charge in [-0.15, -0.1) is 0 Å². The molecule has 2 heterocycles. The molecule has 0 saturated heterocycles. The molecule has 1 saturated carbocycles. The Morgan fingerprint density at radius 3 is 2.47 bits per heavy atom. The Hall–Kier alpha value is -3.32. The van der Waals surface area contributed by atoms with Gasteiger partial charge in [0.2, 0.25) is 11.9 Å². The van der Waals surface area contributed by atoms with Gasteiger partial charge in [0.25, 0.3) is 0 Å². The zero-order chi connectivity index (χ0) is 21.2. The molecule has 1 fully saturated rings. The molecule has 32 heavy (non-hydrogen) atoms. The van der Waals surface area contributed by atoms with Crippen LogP contribution < -0.4 is 15.4 Å². The Kier molecular flexibility index (Phi) is 6.46. The molecule has 1 aliphatic rings. The van der Waals surface area contributed by atoms with Gasteiger partial charge in [-0.3, -0.25) is 4.57 Å². The van der Waals surface area contributed by atoms with Crippen LogP contribution in [0.2, 0.25) is 5.02 Å². The molecule has 1 aliphatic carbocycles. The van der Waals surface area contributed by atoms with Crippen molar-refractivity contribution in [2.45, 2.75) is 39.2 Å². The monoisotopic (exact) mass is 450 g/mol. The first kappa shape index (κ1) is 21.9. The van der Waals surface area contributed by atoms with Crippen LogP contribution in [-0.4, -0.2) is 26.6 Å². The van der Waals surface area contributed by atoms with Gasteiger partial charge < -0.3 is 15.4 Å². The minimum Gasteiger partial charge on any atom is -0.497 e. The molecule has 2 aromatic carbocycles. The zero-order valence-corrected chi connectivity index (χ0v) is 17.9. The summed E-state index contributed by atoms with van der Waals surface area (Å²) >= 11 is 6.38. The molecular weight excluding hydrogens is 424 g/mol. The quantitative estimate of drug-likeness (QED) is 0.339. The van der Waals surface area contributed by atoms with E-state index in [1.54, 1.807) is 13.3 Å². The van der Waals surface area contributed by atoms with Crippen LogP contribution in [0.1, 0.15) is 39.2 Å². The van der Waals surface area contributed by atoms with Gasteiger partial charge in [-0.2, -0.15) is 4.98 Å². The number of aromatic nitrogens is 4. The molecule has 0 spiro atoms. The molecule has 8 heteroatoms. The van der Waals surface area contributed by atoms with Crippen LogP contribution in [0.15, 0.2) is 54.7 Å². The smallest absolute Gasteiger partial charge is 0.229 e. The summed E-state index contributed by atoms with van der Waals surface area (Å²) in [5.41, 5.74) is 3.28. The number of anilines is 4. The first-order valence-electron chi connectivity index (χ1n) is 10.4. The molecule has 0 radical (unpaired) electrons. The first-order valence-corrected chi connectivity index (χ1v) is 10.8. The van der Waals surface area contributed by atoms with Gasteiger partial charge in [0.15, 0.2) is 5.65 Å². The number of ether oxygens (including phenoxy) is 1. The predicted octanol–water partition coefficient (Wildman–Crippen LogP) is 6.73. The second kappa shape index (κ2) is 9.44. The van der Waals surface area contributed by atoms with Crippen molar-refractivity contribution in [1.29, 1.82) is 0 Å². The van der Waals surface area contributed by atoms with E-state index in [9.17, 15) is 0 Å². The minimum atomic E-state index is 0.